The number of hydrogen-bond donors (Lipinski definition) is 0. The van der Waals surface area contributed by atoms with E-state index in [-0.39, 0.29) is 18.5 Å². The smallest absolute Gasteiger partial charge is 0.331 e. The average molecular weight is 227 g/mol. The molecule has 5 nitrogen and oxygen atoms in total. The van der Waals surface area contributed by atoms with Crippen molar-refractivity contribution >= 4 is 11.9 Å². The number of carbonyl (C=O) groups excluding carboxylic acids is 2. The zero-order chi connectivity index (χ0) is 11.5. The van der Waals surface area contributed by atoms with E-state index in [1.165, 1.54) is 7.11 Å². The van der Waals surface area contributed by atoms with Gasteiger partial charge in [-0.1, -0.05) is 0 Å². The van der Waals surface area contributed by atoms with Crippen molar-refractivity contribution in [3.05, 3.63) is 0 Å². The van der Waals surface area contributed by atoms with Crippen LogP contribution in [0.2, 0.25) is 0 Å². The van der Waals surface area contributed by atoms with Crippen molar-refractivity contribution in [3.8, 4) is 0 Å². The molecule has 1 saturated carbocycles. The zero-order valence-corrected chi connectivity index (χ0v) is 9.48. The van der Waals surface area contributed by atoms with Gasteiger partial charge >= 0.3 is 5.97 Å². The van der Waals surface area contributed by atoms with E-state index in [2.05, 4.69) is 4.74 Å². The molecule has 0 aromatic carbocycles. The summed E-state index contributed by atoms with van der Waals surface area (Å²) in [7, 11) is 1.33. The van der Waals surface area contributed by atoms with Crippen LogP contribution < -0.4 is 0 Å². The van der Waals surface area contributed by atoms with Crippen LogP contribution in [0, 0.1) is 5.92 Å². The maximum Gasteiger partial charge on any atom is 0.331 e. The fourth-order valence-electron chi connectivity index (χ4n) is 1.92. The van der Waals surface area contributed by atoms with Crippen molar-refractivity contribution in [3.63, 3.8) is 0 Å². The van der Waals surface area contributed by atoms with Crippen molar-refractivity contribution in [1.82, 2.24) is 4.90 Å². The molecule has 0 N–H and O–H groups in total. The summed E-state index contributed by atoms with van der Waals surface area (Å²) < 4.78 is 9.89. The Bertz CT molecular complexity index is 288. The third-order valence-corrected chi connectivity index (χ3v) is 3.08. The molecule has 0 spiro atoms. The van der Waals surface area contributed by atoms with Gasteiger partial charge in [0.2, 0.25) is 5.91 Å². The summed E-state index contributed by atoms with van der Waals surface area (Å²) in [5.41, 5.74) is 0. The van der Waals surface area contributed by atoms with Crippen LogP contribution in [-0.2, 0) is 19.1 Å². The number of hydrogen-bond acceptors (Lipinski definition) is 4. The van der Waals surface area contributed by atoms with Gasteiger partial charge in [-0.3, -0.25) is 4.79 Å². The molecule has 1 aliphatic carbocycles. The molecule has 1 saturated heterocycles. The lowest BCUT2D eigenvalue weighted by Crippen LogP contribution is -2.53. The van der Waals surface area contributed by atoms with Crippen LogP contribution in [0.1, 0.15) is 19.3 Å². The summed E-state index contributed by atoms with van der Waals surface area (Å²) >= 11 is 0. The number of rotatable bonds is 3. The summed E-state index contributed by atoms with van der Waals surface area (Å²) in [6.45, 7) is 1.25. The second-order valence-electron chi connectivity index (χ2n) is 4.35. The van der Waals surface area contributed by atoms with Crippen LogP contribution in [0.5, 0.6) is 0 Å². The Balaban J connectivity index is 1.96. The molecule has 2 fully saturated rings. The maximum atomic E-state index is 11.9. The molecule has 0 radical (unpaired) electrons. The molecule has 0 bridgehead atoms. The Morgan fingerprint density at radius 3 is 2.81 bits per heavy atom. The Morgan fingerprint density at radius 2 is 2.19 bits per heavy atom. The number of esters is 1. The fraction of sp³-hybridized carbons (Fsp3) is 0.818. The highest BCUT2D eigenvalue weighted by Crippen LogP contribution is 2.33. The Morgan fingerprint density at radius 1 is 1.44 bits per heavy atom. The molecule has 2 rings (SSSR count). The van der Waals surface area contributed by atoms with Crippen molar-refractivity contribution in [2.75, 3.05) is 26.9 Å². The second-order valence-corrected chi connectivity index (χ2v) is 4.35. The maximum absolute atomic E-state index is 11.9. The van der Waals surface area contributed by atoms with Crippen LogP contribution >= 0.6 is 0 Å². The van der Waals surface area contributed by atoms with Gasteiger partial charge in [-0.05, 0) is 18.8 Å². The predicted octanol–water partition coefficient (Wildman–Crippen LogP) is 0.187. The third kappa shape index (κ3) is 2.52. The van der Waals surface area contributed by atoms with Crippen LogP contribution in [-0.4, -0.2) is 49.7 Å². The fourth-order valence-corrected chi connectivity index (χ4v) is 1.92. The monoisotopic (exact) mass is 227 g/mol. The first-order valence-corrected chi connectivity index (χ1v) is 5.67. The zero-order valence-electron chi connectivity index (χ0n) is 9.48. The minimum Gasteiger partial charge on any atom is -0.467 e. The first kappa shape index (κ1) is 11.4. The average Bonchev–Trinajstić information content (AvgIpc) is 3.12. The normalized spacial score (nSPS) is 25.3. The van der Waals surface area contributed by atoms with E-state index < -0.39 is 6.04 Å². The molecule has 16 heavy (non-hydrogen) atoms. The van der Waals surface area contributed by atoms with Gasteiger partial charge < -0.3 is 14.4 Å². The van der Waals surface area contributed by atoms with Crippen molar-refractivity contribution < 1.29 is 19.1 Å². The molecule has 1 amide bonds. The summed E-state index contributed by atoms with van der Waals surface area (Å²) in [5, 5.41) is 0. The van der Waals surface area contributed by atoms with Crippen LogP contribution in [0.15, 0.2) is 0 Å². The Hall–Kier alpha value is -1.10. The number of morpholine rings is 1. The summed E-state index contributed by atoms with van der Waals surface area (Å²) in [6.07, 6.45) is 2.84. The van der Waals surface area contributed by atoms with Crippen molar-refractivity contribution in [2.24, 2.45) is 5.92 Å². The number of carbonyl (C=O) groups is 2. The van der Waals surface area contributed by atoms with Gasteiger partial charge in [0.05, 0.1) is 20.3 Å². The van der Waals surface area contributed by atoms with Gasteiger partial charge in [0.15, 0.2) is 6.04 Å². The molecule has 0 aromatic heterocycles. The number of nitrogens with zero attached hydrogens (tertiary/aromatic N) is 1. The molecular weight excluding hydrogens is 210 g/mol. The molecule has 5 heteroatoms. The second kappa shape index (κ2) is 4.82. The van der Waals surface area contributed by atoms with E-state index in [0.717, 1.165) is 12.8 Å². The topological polar surface area (TPSA) is 55.8 Å². The van der Waals surface area contributed by atoms with Gasteiger partial charge in [-0.2, -0.15) is 0 Å². The van der Waals surface area contributed by atoms with E-state index in [0.29, 0.717) is 25.5 Å². The van der Waals surface area contributed by atoms with Crippen LogP contribution in [0.3, 0.4) is 0 Å². The lowest BCUT2D eigenvalue weighted by molar-refractivity contribution is -0.160. The van der Waals surface area contributed by atoms with Crippen molar-refractivity contribution in [1.29, 1.82) is 0 Å². The van der Waals surface area contributed by atoms with E-state index in [9.17, 15) is 9.59 Å². The summed E-state index contributed by atoms with van der Waals surface area (Å²) in [4.78, 5) is 25.0. The largest absolute Gasteiger partial charge is 0.467 e. The van der Waals surface area contributed by atoms with Crippen LogP contribution in [0.4, 0.5) is 0 Å². The molecule has 1 heterocycles. The van der Waals surface area contributed by atoms with Gasteiger partial charge in [0.25, 0.3) is 0 Å². The highest BCUT2D eigenvalue weighted by atomic mass is 16.5. The van der Waals surface area contributed by atoms with E-state index in [1.807, 2.05) is 0 Å². The summed E-state index contributed by atoms with van der Waals surface area (Å²) in [6, 6.07) is -0.551. The molecule has 0 aromatic rings. The van der Waals surface area contributed by atoms with E-state index in [1.54, 1.807) is 4.90 Å². The third-order valence-electron chi connectivity index (χ3n) is 3.08. The molecule has 1 atom stereocenters. The van der Waals surface area contributed by atoms with Crippen molar-refractivity contribution in [2.45, 2.75) is 25.3 Å². The number of methoxy groups -OCH3 is 1. The van der Waals surface area contributed by atoms with E-state index >= 15 is 0 Å². The van der Waals surface area contributed by atoms with Gasteiger partial charge in [-0.25, -0.2) is 4.79 Å². The molecule has 1 unspecified atom stereocenters. The minimum atomic E-state index is -0.551. The number of ether oxygens (including phenoxy) is 2. The Kier molecular flexibility index (Phi) is 3.43. The SMILES string of the molecule is COC(=O)C1COCCN1C(=O)CC1CC1. The molecular formula is C11H17NO4. The standard InChI is InChI=1S/C11H17NO4/c1-15-11(14)9-7-16-5-4-12(9)10(13)6-8-2-3-8/h8-9H,2-7H2,1H3. The summed E-state index contributed by atoms with van der Waals surface area (Å²) in [5.74, 6) is 0.207. The lowest BCUT2D eigenvalue weighted by Gasteiger charge is -2.33. The molecule has 1 aliphatic heterocycles. The highest BCUT2D eigenvalue weighted by Gasteiger charge is 2.35. The number of amides is 1. The van der Waals surface area contributed by atoms with Gasteiger partial charge in [-0.15, -0.1) is 0 Å². The lowest BCUT2D eigenvalue weighted by atomic mass is 10.2. The Labute approximate surface area is 94.7 Å². The van der Waals surface area contributed by atoms with Gasteiger partial charge in [0.1, 0.15) is 0 Å². The highest BCUT2D eigenvalue weighted by molar-refractivity contribution is 5.85. The molecule has 90 valence electrons. The predicted molar refractivity (Wildman–Crippen MR) is 55.7 cm³/mol. The first-order valence-electron chi connectivity index (χ1n) is 5.67. The first-order chi connectivity index (χ1) is 7.72. The minimum absolute atomic E-state index is 0.0567. The quantitative estimate of drug-likeness (QED) is 0.646. The van der Waals surface area contributed by atoms with Crippen LogP contribution in [0.25, 0.3) is 0 Å². The van der Waals surface area contributed by atoms with Gasteiger partial charge in [0, 0.05) is 13.0 Å². The van der Waals surface area contributed by atoms with E-state index in [4.69, 9.17) is 4.74 Å². The molecule has 2 aliphatic rings.